The van der Waals surface area contributed by atoms with Crippen LogP contribution in [0.2, 0.25) is 0 Å². The zero-order valence-corrected chi connectivity index (χ0v) is 17.7. The van der Waals surface area contributed by atoms with Gasteiger partial charge < -0.3 is 0 Å². The Morgan fingerprint density at radius 1 is 1.07 bits per heavy atom. The second kappa shape index (κ2) is 7.89. The third kappa shape index (κ3) is 3.75. The summed E-state index contributed by atoms with van der Waals surface area (Å²) in [5, 5.41) is 1.49. The number of hydrogen-bond acceptors (Lipinski definition) is 5. The fraction of sp³-hybridized carbons (Fsp3) is 0.227. The van der Waals surface area contributed by atoms with Gasteiger partial charge >= 0.3 is 0 Å². The first-order valence-electron chi connectivity index (χ1n) is 9.10. The summed E-state index contributed by atoms with van der Waals surface area (Å²) in [6.45, 7) is 6.61. The smallest absolute Gasteiger partial charge is 0.263 e. The lowest BCUT2D eigenvalue weighted by Crippen LogP contribution is -2.24. The van der Waals surface area contributed by atoms with Crippen LogP contribution in [-0.2, 0) is 12.3 Å². The van der Waals surface area contributed by atoms with Crippen LogP contribution >= 0.6 is 23.1 Å². The topological polar surface area (TPSA) is 47.8 Å². The molecule has 0 aliphatic carbocycles. The van der Waals surface area contributed by atoms with E-state index in [1.165, 1.54) is 11.1 Å². The fourth-order valence-corrected chi connectivity index (χ4v) is 5.09. The van der Waals surface area contributed by atoms with Crippen LogP contribution in [0.25, 0.3) is 10.2 Å². The second-order valence-corrected chi connectivity index (χ2v) is 9.03. The van der Waals surface area contributed by atoms with E-state index in [4.69, 9.17) is 4.98 Å². The Balaban J connectivity index is 1.77. The van der Waals surface area contributed by atoms with Gasteiger partial charge in [0.2, 0.25) is 0 Å². The van der Waals surface area contributed by atoms with Crippen molar-refractivity contribution in [3.05, 3.63) is 86.3 Å². The summed E-state index contributed by atoms with van der Waals surface area (Å²) in [6.07, 6.45) is 3.55. The maximum atomic E-state index is 13.3. The SMILES string of the molecule is Cc1ccc(CSc2nc3sc(C)c(C)c3c(=O)n2Cc2cccnc2)cc1. The molecule has 0 atom stereocenters. The van der Waals surface area contributed by atoms with Crippen molar-refractivity contribution in [3.8, 4) is 0 Å². The molecule has 0 spiro atoms. The lowest BCUT2D eigenvalue weighted by atomic mass is 10.2. The van der Waals surface area contributed by atoms with Crippen molar-refractivity contribution in [1.82, 2.24) is 14.5 Å². The molecule has 0 radical (unpaired) electrons. The molecule has 0 fully saturated rings. The molecule has 1 aromatic carbocycles. The Morgan fingerprint density at radius 2 is 1.86 bits per heavy atom. The third-order valence-corrected chi connectivity index (χ3v) is 6.95. The first-order valence-corrected chi connectivity index (χ1v) is 10.9. The second-order valence-electron chi connectivity index (χ2n) is 6.88. The average Bonchev–Trinajstić information content (AvgIpc) is 2.98. The van der Waals surface area contributed by atoms with E-state index in [-0.39, 0.29) is 5.56 Å². The molecule has 4 nitrogen and oxygen atoms in total. The lowest BCUT2D eigenvalue weighted by Gasteiger charge is -2.12. The maximum Gasteiger partial charge on any atom is 0.263 e. The molecular formula is C22H21N3OS2. The van der Waals surface area contributed by atoms with E-state index in [0.717, 1.165) is 37.1 Å². The van der Waals surface area contributed by atoms with Gasteiger partial charge in [-0.25, -0.2) is 4.98 Å². The van der Waals surface area contributed by atoms with Gasteiger partial charge in [0.1, 0.15) is 4.83 Å². The predicted octanol–water partition coefficient (Wildman–Crippen LogP) is 5.12. The molecule has 0 amide bonds. The van der Waals surface area contributed by atoms with Gasteiger partial charge in [-0.2, -0.15) is 0 Å². The van der Waals surface area contributed by atoms with Crippen molar-refractivity contribution >= 4 is 33.3 Å². The van der Waals surface area contributed by atoms with E-state index >= 15 is 0 Å². The quantitative estimate of drug-likeness (QED) is 0.340. The molecule has 0 aliphatic rings. The Hall–Kier alpha value is -2.44. The zero-order valence-electron chi connectivity index (χ0n) is 16.1. The van der Waals surface area contributed by atoms with Crippen molar-refractivity contribution in [2.75, 3.05) is 0 Å². The van der Waals surface area contributed by atoms with Gasteiger partial charge in [0.05, 0.1) is 11.9 Å². The number of nitrogens with zero attached hydrogens (tertiary/aromatic N) is 3. The van der Waals surface area contributed by atoms with Crippen molar-refractivity contribution in [1.29, 1.82) is 0 Å². The molecule has 0 saturated heterocycles. The minimum absolute atomic E-state index is 0.0297. The summed E-state index contributed by atoms with van der Waals surface area (Å²) in [5.74, 6) is 0.772. The number of aryl methyl sites for hydroxylation is 3. The van der Waals surface area contributed by atoms with Gasteiger partial charge in [0.25, 0.3) is 5.56 Å². The highest BCUT2D eigenvalue weighted by Crippen LogP contribution is 2.29. The number of fused-ring (bicyclic) bond motifs is 1. The van der Waals surface area contributed by atoms with Crippen LogP contribution in [0.4, 0.5) is 0 Å². The van der Waals surface area contributed by atoms with E-state index in [1.807, 2.05) is 26.0 Å². The number of thiophene rings is 1. The van der Waals surface area contributed by atoms with Crippen LogP contribution in [0.5, 0.6) is 0 Å². The fourth-order valence-electron chi connectivity index (χ4n) is 3.06. The summed E-state index contributed by atoms with van der Waals surface area (Å²) in [4.78, 5) is 24.4. The van der Waals surface area contributed by atoms with Gasteiger partial charge in [-0.05, 0) is 43.5 Å². The molecule has 0 bridgehead atoms. The predicted molar refractivity (Wildman–Crippen MR) is 117 cm³/mol. The highest BCUT2D eigenvalue weighted by atomic mass is 32.2. The summed E-state index contributed by atoms with van der Waals surface area (Å²) < 4.78 is 1.79. The number of rotatable bonds is 5. The van der Waals surface area contributed by atoms with Gasteiger partial charge in [0.15, 0.2) is 5.16 Å². The summed E-state index contributed by atoms with van der Waals surface area (Å²) >= 11 is 3.20. The Labute approximate surface area is 172 Å². The van der Waals surface area contributed by atoms with Crippen molar-refractivity contribution in [2.24, 2.45) is 0 Å². The Kier molecular flexibility index (Phi) is 5.33. The van der Waals surface area contributed by atoms with Crippen LogP contribution in [0.1, 0.15) is 27.1 Å². The number of thioether (sulfide) groups is 1. The summed E-state index contributed by atoms with van der Waals surface area (Å²) in [5.41, 5.74) is 4.52. The highest BCUT2D eigenvalue weighted by Gasteiger charge is 2.17. The van der Waals surface area contributed by atoms with Gasteiger partial charge in [0, 0.05) is 23.0 Å². The van der Waals surface area contributed by atoms with E-state index in [9.17, 15) is 4.79 Å². The molecule has 0 saturated carbocycles. The number of hydrogen-bond donors (Lipinski definition) is 0. The van der Waals surface area contributed by atoms with Gasteiger partial charge in [-0.1, -0.05) is 47.7 Å². The molecule has 0 N–H and O–H groups in total. The van der Waals surface area contributed by atoms with E-state index < -0.39 is 0 Å². The molecule has 3 heterocycles. The lowest BCUT2D eigenvalue weighted by molar-refractivity contribution is 0.657. The molecular weight excluding hydrogens is 386 g/mol. The Morgan fingerprint density at radius 3 is 2.57 bits per heavy atom. The third-order valence-electron chi connectivity index (χ3n) is 4.81. The maximum absolute atomic E-state index is 13.3. The van der Waals surface area contributed by atoms with Gasteiger partial charge in [-0.15, -0.1) is 11.3 Å². The zero-order chi connectivity index (χ0) is 19.7. The number of benzene rings is 1. The molecule has 28 heavy (non-hydrogen) atoms. The first kappa shape index (κ1) is 18.9. The van der Waals surface area contributed by atoms with Crippen LogP contribution < -0.4 is 5.56 Å². The molecule has 6 heteroatoms. The van der Waals surface area contributed by atoms with Crippen LogP contribution in [0.3, 0.4) is 0 Å². The minimum atomic E-state index is 0.0297. The molecule has 142 valence electrons. The highest BCUT2D eigenvalue weighted by molar-refractivity contribution is 7.98. The number of aromatic nitrogens is 3. The minimum Gasteiger partial charge on any atom is -0.282 e. The molecule has 0 aliphatic heterocycles. The van der Waals surface area contributed by atoms with Crippen LogP contribution in [0, 0.1) is 20.8 Å². The van der Waals surface area contributed by atoms with Gasteiger partial charge in [-0.3, -0.25) is 14.3 Å². The molecule has 3 aromatic heterocycles. The van der Waals surface area contributed by atoms with Crippen LogP contribution in [-0.4, -0.2) is 14.5 Å². The normalized spacial score (nSPS) is 11.2. The van der Waals surface area contributed by atoms with Crippen molar-refractivity contribution < 1.29 is 0 Å². The monoisotopic (exact) mass is 407 g/mol. The van der Waals surface area contributed by atoms with E-state index in [2.05, 4.69) is 36.2 Å². The Bertz CT molecular complexity index is 1180. The summed E-state index contributed by atoms with van der Waals surface area (Å²) in [7, 11) is 0. The van der Waals surface area contributed by atoms with Crippen molar-refractivity contribution in [2.45, 2.75) is 38.2 Å². The van der Waals surface area contributed by atoms with E-state index in [0.29, 0.717) is 6.54 Å². The number of pyridine rings is 1. The standard InChI is InChI=1S/C22H21N3OS2/c1-14-6-8-17(9-7-14)13-27-22-24-20-19(15(2)16(3)28-20)21(26)25(22)12-18-5-4-10-23-11-18/h4-11H,12-13H2,1-3H3. The molecule has 4 rings (SSSR count). The average molecular weight is 408 g/mol. The van der Waals surface area contributed by atoms with Crippen LogP contribution in [0.15, 0.2) is 58.7 Å². The van der Waals surface area contributed by atoms with Crippen molar-refractivity contribution in [3.63, 3.8) is 0 Å². The largest absolute Gasteiger partial charge is 0.282 e. The summed E-state index contributed by atoms with van der Waals surface area (Å²) in [6, 6.07) is 12.4. The molecule has 4 aromatic rings. The van der Waals surface area contributed by atoms with E-state index in [1.54, 1.807) is 40.1 Å². The first-order chi connectivity index (χ1) is 13.5. The molecule has 0 unspecified atom stereocenters.